The molecule has 0 N–H and O–H groups in total. The minimum absolute atomic E-state index is 0.0336. The van der Waals surface area contributed by atoms with Gasteiger partial charge in [0.1, 0.15) is 11.6 Å². The lowest BCUT2D eigenvalue weighted by Gasteiger charge is -2.19. The van der Waals surface area contributed by atoms with Gasteiger partial charge in [0.15, 0.2) is 46.6 Å². The Morgan fingerprint density at radius 1 is 0.348 bits per heavy atom. The molecule has 0 fully saturated rings. The highest BCUT2D eigenvalue weighted by molar-refractivity contribution is 6.13. The maximum absolute atomic E-state index is 16.3. The fraction of sp³-hybridized carbons (Fsp3) is 0. The van der Waals surface area contributed by atoms with E-state index in [0.29, 0.717) is 89.2 Å². The molecule has 0 atom stereocenters. The number of hydrogen-bond donors (Lipinski definition) is 0. The van der Waals surface area contributed by atoms with Crippen LogP contribution >= 0.6 is 0 Å². The van der Waals surface area contributed by atoms with Gasteiger partial charge in [-0.1, -0.05) is 48.5 Å². The lowest BCUT2D eigenvalue weighted by Crippen LogP contribution is -2.08. The van der Waals surface area contributed by atoms with Crippen LogP contribution in [-0.2, 0) is 0 Å². The molecule has 69 heavy (non-hydrogen) atoms. The lowest BCUT2D eigenvalue weighted by molar-refractivity contribution is 0.381. The van der Waals surface area contributed by atoms with Crippen molar-refractivity contribution in [1.82, 2.24) is 49.0 Å². The Bertz CT molecular complexity index is 3640. The molecule has 0 amide bonds. The van der Waals surface area contributed by atoms with Crippen LogP contribution in [0.2, 0.25) is 0 Å². The first-order chi connectivity index (χ1) is 33.8. The third-order valence-corrected chi connectivity index (χ3v) is 12.0. The van der Waals surface area contributed by atoms with Gasteiger partial charge >= 0.3 is 0 Å². The summed E-state index contributed by atoms with van der Waals surface area (Å²) in [5.74, 6) is -9.17. The average Bonchev–Trinajstić information content (AvgIpc) is 3.91. The van der Waals surface area contributed by atoms with Crippen molar-refractivity contribution in [3.8, 4) is 74.1 Å². The molecule has 0 aliphatic heterocycles. The molecule has 16 heteroatoms. The lowest BCUT2D eigenvalue weighted by atomic mass is 9.98. The minimum atomic E-state index is -2.31. The van der Waals surface area contributed by atoms with Crippen LogP contribution in [-0.4, -0.2) is 49.0 Å². The van der Waals surface area contributed by atoms with E-state index < -0.39 is 40.2 Å². The minimum Gasteiger partial charge on any atom is -0.308 e. The van der Waals surface area contributed by atoms with E-state index in [1.807, 2.05) is 72.8 Å². The maximum Gasteiger partial charge on any atom is 0.200 e. The summed E-state index contributed by atoms with van der Waals surface area (Å²) in [6.45, 7) is 0. The molecular weight excluding hydrogens is 886 g/mol. The van der Waals surface area contributed by atoms with Crippen LogP contribution in [0.15, 0.2) is 159 Å². The molecule has 0 radical (unpaired) electrons. The number of rotatable bonds is 7. The zero-order chi connectivity index (χ0) is 46.9. The first-order valence-corrected chi connectivity index (χ1v) is 21.1. The summed E-state index contributed by atoms with van der Waals surface area (Å²) in [6, 6.07) is 33.7. The van der Waals surface area contributed by atoms with Crippen LogP contribution < -0.4 is 0 Å². The normalized spacial score (nSPS) is 11.5. The van der Waals surface area contributed by atoms with Crippen molar-refractivity contribution >= 4 is 43.6 Å². The Labute approximate surface area is 386 Å². The molecule has 0 spiro atoms. The van der Waals surface area contributed by atoms with Gasteiger partial charge < -0.3 is 9.13 Å². The molecule has 0 bridgehead atoms. The number of fused-ring (bicyclic) bond motifs is 6. The second-order valence-electron chi connectivity index (χ2n) is 15.8. The Morgan fingerprint density at radius 2 is 0.623 bits per heavy atom. The van der Waals surface area contributed by atoms with E-state index >= 15 is 17.6 Å². The van der Waals surface area contributed by atoms with Crippen LogP contribution in [0.1, 0.15) is 5.56 Å². The summed E-state index contributed by atoms with van der Waals surface area (Å²) in [5.41, 5.74) is 2.72. The zero-order valence-corrected chi connectivity index (χ0v) is 35.3. The van der Waals surface area contributed by atoms with Gasteiger partial charge in [0.25, 0.3) is 0 Å². The van der Waals surface area contributed by atoms with Crippen molar-refractivity contribution in [1.29, 1.82) is 5.26 Å². The van der Waals surface area contributed by atoms with Crippen molar-refractivity contribution in [3.05, 3.63) is 193 Å². The van der Waals surface area contributed by atoms with Gasteiger partial charge in [0, 0.05) is 93.4 Å². The van der Waals surface area contributed by atoms with Crippen LogP contribution in [0, 0.1) is 40.4 Å². The predicted molar refractivity (Wildman–Crippen MR) is 249 cm³/mol. The summed E-state index contributed by atoms with van der Waals surface area (Å²) < 4.78 is 81.7. The van der Waals surface area contributed by atoms with Gasteiger partial charge in [-0.15, -0.1) is 0 Å². The zero-order valence-electron chi connectivity index (χ0n) is 35.3. The quantitative estimate of drug-likeness (QED) is 0.0869. The Morgan fingerprint density at radius 3 is 0.899 bits per heavy atom. The van der Waals surface area contributed by atoms with Crippen LogP contribution in [0.3, 0.4) is 0 Å². The fourth-order valence-corrected chi connectivity index (χ4v) is 8.99. The smallest absolute Gasteiger partial charge is 0.200 e. The molecule has 6 aromatic heterocycles. The molecule has 6 heterocycles. The second kappa shape index (κ2) is 16.1. The molecule has 11 nitrogen and oxygen atoms in total. The Kier molecular flexibility index (Phi) is 9.51. The van der Waals surface area contributed by atoms with Crippen molar-refractivity contribution < 1.29 is 22.0 Å². The van der Waals surface area contributed by atoms with Gasteiger partial charge in [-0.25, -0.2) is 61.8 Å². The number of aromatic nitrogens is 10. The number of nitriles is 1. The molecule has 0 saturated carbocycles. The highest BCUT2D eigenvalue weighted by atomic mass is 19.2. The number of halogens is 5. The van der Waals surface area contributed by atoms with E-state index in [1.54, 1.807) is 83.0 Å². The molecule has 0 aliphatic carbocycles. The van der Waals surface area contributed by atoms with E-state index in [4.69, 9.17) is 0 Å². The molecule has 12 aromatic rings. The summed E-state index contributed by atoms with van der Waals surface area (Å²) in [7, 11) is 0. The maximum atomic E-state index is 16.3. The van der Waals surface area contributed by atoms with Gasteiger partial charge in [-0.3, -0.25) is 0 Å². The van der Waals surface area contributed by atoms with Crippen LogP contribution in [0.5, 0.6) is 0 Å². The first kappa shape index (κ1) is 40.9. The predicted octanol–water partition coefficient (Wildman–Crippen LogP) is 11.9. The molecule has 328 valence electrons. The van der Waals surface area contributed by atoms with Crippen molar-refractivity contribution in [2.24, 2.45) is 0 Å². The third-order valence-electron chi connectivity index (χ3n) is 12.0. The first-order valence-electron chi connectivity index (χ1n) is 21.1. The summed E-state index contributed by atoms with van der Waals surface area (Å²) in [5, 5.41) is 14.4. The van der Waals surface area contributed by atoms with Crippen molar-refractivity contribution in [2.75, 3.05) is 0 Å². The van der Waals surface area contributed by atoms with E-state index in [0.717, 1.165) is 0 Å². The SMILES string of the molecule is N#Cc1c(-n2c3cc(-c4ncccn4)ccc3c3ccc(-c4ncccn4)cc32)cc(-c2c(F)c(F)c(F)c(F)c2F)cc1-n1c2cc(-c3ncccn3)ccc2c2ccc(-c3ncccn3)cc21. The van der Waals surface area contributed by atoms with Gasteiger partial charge in [-0.2, -0.15) is 5.26 Å². The molecule has 0 saturated heterocycles. The number of hydrogen-bond acceptors (Lipinski definition) is 9. The average molecular weight is 912 g/mol. The van der Waals surface area contributed by atoms with E-state index in [2.05, 4.69) is 45.9 Å². The third kappa shape index (κ3) is 6.55. The Hall–Kier alpha value is -9.62. The topological polar surface area (TPSA) is 137 Å². The molecule has 6 aromatic carbocycles. The highest BCUT2D eigenvalue weighted by Crippen LogP contribution is 2.44. The summed E-state index contributed by atoms with van der Waals surface area (Å²) in [6.07, 6.45) is 12.8. The van der Waals surface area contributed by atoms with Crippen molar-refractivity contribution in [2.45, 2.75) is 0 Å². The monoisotopic (exact) mass is 911 g/mol. The van der Waals surface area contributed by atoms with Crippen molar-refractivity contribution in [3.63, 3.8) is 0 Å². The molecule has 0 aliphatic rings. The van der Waals surface area contributed by atoms with Crippen LogP contribution in [0.25, 0.3) is 112 Å². The highest BCUT2D eigenvalue weighted by Gasteiger charge is 2.30. The number of nitrogens with zero attached hydrogens (tertiary/aromatic N) is 11. The summed E-state index contributed by atoms with van der Waals surface area (Å²) in [4.78, 5) is 35.7. The standard InChI is InChI=1S/C53H26F5N11/c54-45-44(46(55)48(57)49(58)47(45)56)32-25-42(68-38-21-28(50-60-13-1-14-61-50)5-9-33(38)34-10-6-29(22-39(34)68)51-62-15-2-16-63-51)37(27-59)43(26-32)69-40-23-30(52-64-17-3-18-65-52)7-11-35(40)36-12-8-31(24-41(36)69)53-66-19-4-20-67-53/h1-26H. The van der Waals surface area contributed by atoms with E-state index in [1.165, 1.54) is 12.1 Å². The van der Waals surface area contributed by atoms with Gasteiger partial charge in [0.2, 0.25) is 5.82 Å². The molecule has 0 unspecified atom stereocenters. The van der Waals surface area contributed by atoms with Gasteiger partial charge in [-0.05, 0) is 66.2 Å². The number of benzene rings is 6. The van der Waals surface area contributed by atoms with Crippen LogP contribution in [0.4, 0.5) is 22.0 Å². The molecule has 12 rings (SSSR count). The van der Waals surface area contributed by atoms with Gasteiger partial charge in [0.05, 0.1) is 39.0 Å². The van der Waals surface area contributed by atoms with E-state index in [9.17, 15) is 9.65 Å². The second-order valence-corrected chi connectivity index (χ2v) is 15.8. The van der Waals surface area contributed by atoms with E-state index in [-0.39, 0.29) is 16.9 Å². The molecular formula is C53H26F5N11. The fourth-order valence-electron chi connectivity index (χ4n) is 8.99. The summed E-state index contributed by atoms with van der Waals surface area (Å²) >= 11 is 0. The Balaban J connectivity index is 1.27. The largest absolute Gasteiger partial charge is 0.308 e.